The van der Waals surface area contributed by atoms with Gasteiger partial charge in [0.1, 0.15) is 24.0 Å². The van der Waals surface area contributed by atoms with Crippen LogP contribution in [0.2, 0.25) is 5.02 Å². The fourth-order valence-corrected chi connectivity index (χ4v) is 3.11. The second-order valence-electron chi connectivity index (χ2n) is 6.20. The summed E-state index contributed by atoms with van der Waals surface area (Å²) in [5.74, 6) is 0.0529. The van der Waals surface area contributed by atoms with Gasteiger partial charge in [-0.05, 0) is 30.3 Å². The number of fused-ring (bicyclic) bond motifs is 1. The zero-order valence-electron chi connectivity index (χ0n) is 15.4. The third-order valence-electron chi connectivity index (χ3n) is 4.30. The summed E-state index contributed by atoms with van der Waals surface area (Å²) in [6.07, 6.45) is 2.78. The van der Waals surface area contributed by atoms with Crippen molar-refractivity contribution < 1.29 is 9.53 Å². The molecular formula is C20H16ClN5O3. The number of halogens is 1. The summed E-state index contributed by atoms with van der Waals surface area (Å²) >= 11 is 5.98. The van der Waals surface area contributed by atoms with Gasteiger partial charge in [0.25, 0.3) is 5.56 Å². The van der Waals surface area contributed by atoms with E-state index in [-0.39, 0.29) is 12.1 Å². The lowest BCUT2D eigenvalue weighted by molar-refractivity contribution is -0.116. The first kappa shape index (κ1) is 18.7. The van der Waals surface area contributed by atoms with Gasteiger partial charge in [-0.2, -0.15) is 5.10 Å². The largest absolute Gasteiger partial charge is 0.495 e. The molecule has 0 radical (unpaired) electrons. The Balaban J connectivity index is 1.61. The molecule has 4 rings (SSSR count). The summed E-state index contributed by atoms with van der Waals surface area (Å²) in [4.78, 5) is 29.6. The Bertz CT molecular complexity index is 1250. The molecular weight excluding hydrogens is 394 g/mol. The van der Waals surface area contributed by atoms with Crippen molar-refractivity contribution in [3.05, 3.63) is 76.4 Å². The average Bonchev–Trinajstić information content (AvgIpc) is 3.16. The van der Waals surface area contributed by atoms with E-state index in [4.69, 9.17) is 16.3 Å². The first-order valence-electron chi connectivity index (χ1n) is 8.69. The van der Waals surface area contributed by atoms with Gasteiger partial charge >= 0.3 is 0 Å². The molecule has 1 amide bonds. The Hall–Kier alpha value is -3.65. The van der Waals surface area contributed by atoms with Crippen LogP contribution in [0.15, 0.2) is 65.8 Å². The molecule has 1 N–H and O–H groups in total. The van der Waals surface area contributed by atoms with Crippen LogP contribution in [-0.4, -0.2) is 32.3 Å². The van der Waals surface area contributed by atoms with Crippen LogP contribution in [0.4, 0.5) is 5.69 Å². The Morgan fingerprint density at radius 1 is 1.21 bits per heavy atom. The van der Waals surface area contributed by atoms with Gasteiger partial charge in [0.2, 0.25) is 5.91 Å². The lowest BCUT2D eigenvalue weighted by atomic mass is 10.3. The van der Waals surface area contributed by atoms with Crippen LogP contribution in [-0.2, 0) is 11.3 Å². The van der Waals surface area contributed by atoms with E-state index in [1.165, 1.54) is 24.2 Å². The van der Waals surface area contributed by atoms with Gasteiger partial charge in [0.05, 0.1) is 24.7 Å². The van der Waals surface area contributed by atoms with E-state index in [1.54, 1.807) is 22.9 Å². The molecule has 4 aromatic rings. The fraction of sp³-hybridized carbons (Fsp3) is 0.100. The van der Waals surface area contributed by atoms with Crippen LogP contribution in [0.1, 0.15) is 0 Å². The average molecular weight is 410 g/mol. The summed E-state index contributed by atoms with van der Waals surface area (Å²) in [5, 5.41) is 7.73. The van der Waals surface area contributed by atoms with Crippen LogP contribution >= 0.6 is 11.6 Å². The number of ether oxygens (including phenoxy) is 1. The second kappa shape index (κ2) is 7.76. The van der Waals surface area contributed by atoms with E-state index in [1.807, 2.05) is 30.3 Å². The predicted molar refractivity (Wildman–Crippen MR) is 110 cm³/mol. The number of para-hydroxylation sites is 1. The van der Waals surface area contributed by atoms with E-state index >= 15 is 0 Å². The van der Waals surface area contributed by atoms with Crippen LogP contribution in [0.3, 0.4) is 0 Å². The van der Waals surface area contributed by atoms with Crippen molar-refractivity contribution in [1.82, 2.24) is 19.3 Å². The van der Waals surface area contributed by atoms with Crippen molar-refractivity contribution in [2.45, 2.75) is 6.54 Å². The van der Waals surface area contributed by atoms with Crippen LogP contribution in [0, 0.1) is 0 Å². The van der Waals surface area contributed by atoms with Crippen molar-refractivity contribution in [2.24, 2.45) is 0 Å². The van der Waals surface area contributed by atoms with Gasteiger partial charge in [-0.1, -0.05) is 29.8 Å². The summed E-state index contributed by atoms with van der Waals surface area (Å²) in [5.41, 5.74) is 1.28. The number of benzene rings is 2. The monoisotopic (exact) mass is 409 g/mol. The van der Waals surface area contributed by atoms with Gasteiger partial charge in [-0.3, -0.25) is 14.2 Å². The summed E-state index contributed by atoms with van der Waals surface area (Å²) < 4.78 is 8.02. The van der Waals surface area contributed by atoms with E-state index < -0.39 is 5.91 Å². The minimum Gasteiger partial charge on any atom is -0.495 e. The smallest absolute Gasteiger partial charge is 0.264 e. The summed E-state index contributed by atoms with van der Waals surface area (Å²) in [6.45, 7) is -0.214. The Labute approximate surface area is 170 Å². The van der Waals surface area contributed by atoms with E-state index in [9.17, 15) is 9.59 Å². The molecule has 0 atom stereocenters. The highest BCUT2D eigenvalue weighted by Gasteiger charge is 2.14. The number of nitrogens with zero attached hydrogens (tertiary/aromatic N) is 4. The maximum Gasteiger partial charge on any atom is 0.264 e. The second-order valence-corrected chi connectivity index (χ2v) is 6.64. The number of aromatic nitrogens is 4. The van der Waals surface area contributed by atoms with Crippen molar-refractivity contribution >= 4 is 34.2 Å². The van der Waals surface area contributed by atoms with E-state index in [0.717, 1.165) is 5.69 Å². The fourth-order valence-electron chi connectivity index (χ4n) is 2.94. The van der Waals surface area contributed by atoms with Gasteiger partial charge in [-0.15, -0.1) is 0 Å². The molecule has 29 heavy (non-hydrogen) atoms. The molecule has 0 bridgehead atoms. The number of hydrogen-bond donors (Lipinski definition) is 1. The van der Waals surface area contributed by atoms with Crippen molar-refractivity contribution in [3.8, 4) is 11.4 Å². The maximum absolute atomic E-state index is 12.8. The molecule has 2 aromatic heterocycles. The molecule has 8 nitrogen and oxygen atoms in total. The number of hydrogen-bond acceptors (Lipinski definition) is 5. The zero-order valence-corrected chi connectivity index (χ0v) is 16.1. The standard InChI is InChI=1S/C20H16ClN5O3/c1-29-17-8-7-13(21)9-16(17)24-18(27)11-25-12-22-19-15(20(25)28)10-23-26(19)14-5-3-2-4-6-14/h2-10,12H,11H2,1H3,(H,24,27). The highest BCUT2D eigenvalue weighted by Crippen LogP contribution is 2.27. The molecule has 0 aliphatic carbocycles. The summed E-state index contributed by atoms with van der Waals surface area (Å²) in [6, 6.07) is 14.3. The number of rotatable bonds is 5. The van der Waals surface area contributed by atoms with Crippen LogP contribution < -0.4 is 15.6 Å². The zero-order chi connectivity index (χ0) is 20.4. The molecule has 0 saturated carbocycles. The molecule has 0 spiro atoms. The normalized spacial score (nSPS) is 10.8. The Kier molecular flexibility index (Phi) is 5.01. The van der Waals surface area contributed by atoms with E-state index in [2.05, 4.69) is 15.4 Å². The number of carbonyl (C=O) groups excluding carboxylic acids is 1. The topological polar surface area (TPSA) is 91.0 Å². The maximum atomic E-state index is 12.8. The lowest BCUT2D eigenvalue weighted by Gasteiger charge is -2.11. The van der Waals surface area contributed by atoms with Gasteiger partial charge in [0.15, 0.2) is 5.65 Å². The third-order valence-corrected chi connectivity index (χ3v) is 4.54. The van der Waals surface area contributed by atoms with Crippen molar-refractivity contribution in [3.63, 3.8) is 0 Å². The Morgan fingerprint density at radius 3 is 2.76 bits per heavy atom. The number of methoxy groups -OCH3 is 1. The molecule has 0 fully saturated rings. The number of carbonyl (C=O) groups is 1. The highest BCUT2D eigenvalue weighted by atomic mass is 35.5. The first-order chi connectivity index (χ1) is 14.1. The van der Waals surface area contributed by atoms with Crippen LogP contribution in [0.25, 0.3) is 16.7 Å². The van der Waals surface area contributed by atoms with E-state index in [0.29, 0.717) is 27.5 Å². The molecule has 0 saturated heterocycles. The molecule has 2 aromatic carbocycles. The molecule has 2 heterocycles. The SMILES string of the molecule is COc1ccc(Cl)cc1NC(=O)Cn1cnc2c(cnn2-c2ccccc2)c1=O. The van der Waals surface area contributed by atoms with Gasteiger partial charge in [-0.25, -0.2) is 9.67 Å². The minimum atomic E-state index is -0.413. The molecule has 0 aliphatic heterocycles. The summed E-state index contributed by atoms with van der Waals surface area (Å²) in [7, 11) is 1.49. The number of anilines is 1. The van der Waals surface area contributed by atoms with Crippen LogP contribution in [0.5, 0.6) is 5.75 Å². The van der Waals surface area contributed by atoms with Gasteiger partial charge < -0.3 is 10.1 Å². The predicted octanol–water partition coefficient (Wildman–Crippen LogP) is 2.88. The molecule has 9 heteroatoms. The number of amides is 1. The quantitative estimate of drug-likeness (QED) is 0.547. The molecule has 0 aliphatic rings. The third kappa shape index (κ3) is 3.70. The first-order valence-corrected chi connectivity index (χ1v) is 9.06. The number of nitrogens with one attached hydrogen (secondary N) is 1. The van der Waals surface area contributed by atoms with Crippen molar-refractivity contribution in [1.29, 1.82) is 0 Å². The minimum absolute atomic E-state index is 0.214. The molecule has 146 valence electrons. The Morgan fingerprint density at radius 2 is 2.00 bits per heavy atom. The lowest BCUT2D eigenvalue weighted by Crippen LogP contribution is -2.28. The highest BCUT2D eigenvalue weighted by molar-refractivity contribution is 6.31. The molecule has 0 unspecified atom stereocenters. The van der Waals surface area contributed by atoms with Crippen molar-refractivity contribution in [2.75, 3.05) is 12.4 Å². The van der Waals surface area contributed by atoms with Gasteiger partial charge in [0, 0.05) is 5.02 Å².